The SMILES string of the molecule is Cc1ccc(Cl)c(C#N)c1S. The standard InChI is InChI=1S/C8H6ClNS/c1-5-2-3-7(9)6(4-10)8(5)11/h2-3,11H,1H3. The van der Waals surface area contributed by atoms with Gasteiger partial charge in [-0.2, -0.15) is 5.26 Å². The topological polar surface area (TPSA) is 23.8 Å². The van der Waals surface area contributed by atoms with E-state index >= 15 is 0 Å². The van der Waals surface area contributed by atoms with Gasteiger partial charge in [-0.15, -0.1) is 12.6 Å². The molecule has 0 fully saturated rings. The molecule has 0 heterocycles. The minimum absolute atomic E-state index is 0.454. The molecule has 0 amide bonds. The van der Waals surface area contributed by atoms with Crippen molar-refractivity contribution in [2.45, 2.75) is 11.8 Å². The van der Waals surface area contributed by atoms with Gasteiger partial charge in [-0.05, 0) is 18.6 Å². The Bertz CT molecular complexity index is 328. The zero-order chi connectivity index (χ0) is 8.43. The number of aryl methyl sites for hydroxylation is 1. The van der Waals surface area contributed by atoms with Crippen LogP contribution in [0, 0.1) is 18.3 Å². The molecule has 0 aliphatic rings. The van der Waals surface area contributed by atoms with Gasteiger partial charge in [-0.3, -0.25) is 0 Å². The van der Waals surface area contributed by atoms with Crippen molar-refractivity contribution in [1.29, 1.82) is 5.26 Å². The molecule has 0 atom stereocenters. The first-order valence-corrected chi connectivity index (χ1v) is 3.87. The van der Waals surface area contributed by atoms with Crippen LogP contribution in [-0.4, -0.2) is 0 Å². The zero-order valence-corrected chi connectivity index (χ0v) is 7.58. The van der Waals surface area contributed by atoms with Crippen LogP contribution in [0.3, 0.4) is 0 Å². The second kappa shape index (κ2) is 3.17. The monoisotopic (exact) mass is 183 g/mol. The molecule has 0 N–H and O–H groups in total. The number of nitrogens with zero attached hydrogens (tertiary/aromatic N) is 1. The molecule has 1 nitrogen and oxygen atoms in total. The van der Waals surface area contributed by atoms with Crippen LogP contribution in [0.1, 0.15) is 11.1 Å². The summed E-state index contributed by atoms with van der Waals surface area (Å²) in [5.74, 6) is 0. The third-order valence-corrected chi connectivity index (χ3v) is 2.33. The number of thiol groups is 1. The zero-order valence-electron chi connectivity index (χ0n) is 5.93. The first-order valence-electron chi connectivity index (χ1n) is 3.05. The maximum Gasteiger partial charge on any atom is 0.102 e. The minimum Gasteiger partial charge on any atom is -0.192 e. The molecule has 56 valence electrons. The lowest BCUT2D eigenvalue weighted by atomic mass is 10.1. The highest BCUT2D eigenvalue weighted by molar-refractivity contribution is 7.80. The Morgan fingerprint density at radius 3 is 2.64 bits per heavy atom. The first-order chi connectivity index (χ1) is 5.16. The number of hydrogen-bond acceptors (Lipinski definition) is 2. The quantitative estimate of drug-likeness (QED) is 0.615. The van der Waals surface area contributed by atoms with Crippen LogP contribution in [0.2, 0.25) is 5.02 Å². The average molecular weight is 184 g/mol. The summed E-state index contributed by atoms with van der Waals surface area (Å²) >= 11 is 9.88. The van der Waals surface area contributed by atoms with Crippen molar-refractivity contribution in [2.24, 2.45) is 0 Å². The van der Waals surface area contributed by atoms with Crippen LogP contribution in [0.5, 0.6) is 0 Å². The van der Waals surface area contributed by atoms with Crippen LogP contribution >= 0.6 is 24.2 Å². The molecule has 0 spiro atoms. The highest BCUT2D eigenvalue weighted by Gasteiger charge is 2.04. The first kappa shape index (κ1) is 8.45. The molecule has 11 heavy (non-hydrogen) atoms. The number of benzene rings is 1. The van der Waals surface area contributed by atoms with Gasteiger partial charge < -0.3 is 0 Å². The summed E-state index contributed by atoms with van der Waals surface area (Å²) in [4.78, 5) is 0.667. The molecule has 0 aliphatic heterocycles. The molecule has 0 radical (unpaired) electrons. The van der Waals surface area contributed by atoms with Crippen molar-refractivity contribution < 1.29 is 0 Å². The summed E-state index contributed by atoms with van der Waals surface area (Å²) in [5, 5.41) is 9.10. The lowest BCUT2D eigenvalue weighted by Crippen LogP contribution is -1.83. The molecule has 0 aromatic heterocycles. The summed E-state index contributed by atoms with van der Waals surface area (Å²) in [6.07, 6.45) is 0. The largest absolute Gasteiger partial charge is 0.192 e. The lowest BCUT2D eigenvalue weighted by molar-refractivity contribution is 1.27. The minimum atomic E-state index is 0.454. The molecular formula is C8H6ClNS. The number of halogens is 1. The average Bonchev–Trinajstić information content (AvgIpc) is 1.99. The van der Waals surface area contributed by atoms with E-state index in [-0.39, 0.29) is 0 Å². The van der Waals surface area contributed by atoms with Gasteiger partial charge in [0, 0.05) is 4.90 Å². The van der Waals surface area contributed by atoms with Crippen molar-refractivity contribution in [3.05, 3.63) is 28.3 Å². The van der Waals surface area contributed by atoms with Crippen molar-refractivity contribution in [3.8, 4) is 6.07 Å². The second-order valence-corrected chi connectivity index (χ2v) is 3.05. The summed E-state index contributed by atoms with van der Waals surface area (Å²) in [6.45, 7) is 1.89. The molecule has 0 bridgehead atoms. The van der Waals surface area contributed by atoms with Gasteiger partial charge in [0.05, 0.1) is 10.6 Å². The summed E-state index contributed by atoms with van der Waals surface area (Å²) in [7, 11) is 0. The van der Waals surface area contributed by atoms with Crippen LogP contribution in [0.15, 0.2) is 17.0 Å². The second-order valence-electron chi connectivity index (χ2n) is 2.20. The Kier molecular flexibility index (Phi) is 2.43. The molecule has 1 aromatic carbocycles. The summed E-state index contributed by atoms with van der Waals surface area (Å²) in [6, 6.07) is 5.54. The lowest BCUT2D eigenvalue weighted by Gasteiger charge is -2.01. The van der Waals surface area contributed by atoms with Crippen molar-refractivity contribution >= 4 is 24.2 Å². The van der Waals surface area contributed by atoms with Gasteiger partial charge in [-0.25, -0.2) is 0 Å². The third-order valence-electron chi connectivity index (χ3n) is 1.44. The van der Waals surface area contributed by atoms with Gasteiger partial charge in [-0.1, -0.05) is 17.7 Å². The smallest absolute Gasteiger partial charge is 0.102 e. The molecule has 0 unspecified atom stereocenters. The summed E-state index contributed by atoms with van der Waals surface area (Å²) < 4.78 is 0. The van der Waals surface area contributed by atoms with E-state index in [1.807, 2.05) is 19.1 Å². The van der Waals surface area contributed by atoms with Gasteiger partial charge in [0.1, 0.15) is 6.07 Å². The van der Waals surface area contributed by atoms with Crippen molar-refractivity contribution in [3.63, 3.8) is 0 Å². The molecular weight excluding hydrogens is 178 g/mol. The van der Waals surface area contributed by atoms with Crippen LogP contribution in [0.4, 0.5) is 0 Å². The Morgan fingerprint density at radius 2 is 2.18 bits per heavy atom. The van der Waals surface area contributed by atoms with Crippen LogP contribution < -0.4 is 0 Å². The predicted molar refractivity (Wildman–Crippen MR) is 48.2 cm³/mol. The van der Waals surface area contributed by atoms with Crippen molar-refractivity contribution in [1.82, 2.24) is 0 Å². The number of rotatable bonds is 0. The molecule has 1 rings (SSSR count). The van der Waals surface area contributed by atoms with E-state index in [4.69, 9.17) is 16.9 Å². The maximum atomic E-state index is 8.64. The van der Waals surface area contributed by atoms with E-state index < -0.39 is 0 Å². The number of hydrogen-bond donors (Lipinski definition) is 1. The Labute approximate surface area is 76.0 Å². The van der Waals surface area contributed by atoms with Crippen LogP contribution in [-0.2, 0) is 0 Å². The highest BCUT2D eigenvalue weighted by Crippen LogP contribution is 2.24. The fraction of sp³-hybridized carbons (Fsp3) is 0.125. The van der Waals surface area contributed by atoms with Gasteiger partial charge in [0.25, 0.3) is 0 Å². The fourth-order valence-electron chi connectivity index (χ4n) is 0.777. The molecule has 0 saturated carbocycles. The highest BCUT2D eigenvalue weighted by atomic mass is 35.5. The van der Waals surface area contributed by atoms with E-state index in [0.717, 1.165) is 5.56 Å². The normalized spacial score (nSPS) is 9.27. The molecule has 3 heteroatoms. The maximum absolute atomic E-state index is 8.64. The number of nitriles is 1. The summed E-state index contributed by atoms with van der Waals surface area (Å²) in [5.41, 5.74) is 1.42. The fourth-order valence-corrected chi connectivity index (χ4v) is 1.29. The molecule has 1 aromatic rings. The van der Waals surface area contributed by atoms with Crippen LogP contribution in [0.25, 0.3) is 0 Å². The van der Waals surface area contributed by atoms with E-state index in [0.29, 0.717) is 15.5 Å². The van der Waals surface area contributed by atoms with Gasteiger partial charge in [0.15, 0.2) is 0 Å². The predicted octanol–water partition coefficient (Wildman–Crippen LogP) is 2.81. The third kappa shape index (κ3) is 1.50. The Balaban J connectivity index is 3.44. The van der Waals surface area contributed by atoms with Crippen molar-refractivity contribution in [2.75, 3.05) is 0 Å². The van der Waals surface area contributed by atoms with Gasteiger partial charge >= 0.3 is 0 Å². The molecule has 0 aliphatic carbocycles. The Hall–Kier alpha value is -0.650. The van der Waals surface area contributed by atoms with E-state index in [1.54, 1.807) is 6.07 Å². The van der Waals surface area contributed by atoms with E-state index in [2.05, 4.69) is 12.6 Å². The van der Waals surface area contributed by atoms with E-state index in [9.17, 15) is 0 Å². The van der Waals surface area contributed by atoms with E-state index in [1.165, 1.54) is 0 Å². The molecule has 0 saturated heterocycles. The van der Waals surface area contributed by atoms with Gasteiger partial charge in [0.2, 0.25) is 0 Å². The Morgan fingerprint density at radius 1 is 1.55 bits per heavy atom.